The van der Waals surface area contributed by atoms with Gasteiger partial charge in [0.1, 0.15) is 0 Å². The van der Waals surface area contributed by atoms with E-state index >= 15 is 0 Å². The first-order valence-corrected chi connectivity index (χ1v) is 12.4. The van der Waals surface area contributed by atoms with Crippen LogP contribution >= 0.6 is 11.8 Å². The molecule has 1 aromatic heterocycles. The average molecular weight is 446 g/mol. The Morgan fingerprint density at radius 1 is 1.00 bits per heavy atom. The largest absolute Gasteiger partial charge is 0.372 e. The van der Waals surface area contributed by atoms with Gasteiger partial charge in [-0.05, 0) is 50.2 Å². The number of benzene rings is 2. The van der Waals surface area contributed by atoms with Crippen molar-refractivity contribution in [2.75, 3.05) is 30.3 Å². The summed E-state index contributed by atoms with van der Waals surface area (Å²) < 4.78 is 29.1. The van der Waals surface area contributed by atoms with Crippen molar-refractivity contribution in [3.8, 4) is 11.4 Å². The maximum atomic E-state index is 12.3. The smallest absolute Gasteiger partial charge is 0.240 e. The van der Waals surface area contributed by atoms with Gasteiger partial charge in [-0.2, -0.15) is 0 Å². The second kappa shape index (κ2) is 10.1. The fourth-order valence-corrected chi connectivity index (χ4v) is 5.05. The van der Waals surface area contributed by atoms with E-state index in [1.54, 1.807) is 30.3 Å². The molecule has 9 heteroatoms. The minimum absolute atomic E-state index is 0.268. The zero-order chi connectivity index (χ0) is 21.6. The summed E-state index contributed by atoms with van der Waals surface area (Å²) in [6.45, 7) is 6.53. The van der Waals surface area contributed by atoms with Crippen LogP contribution in [0.15, 0.2) is 64.6 Å². The van der Waals surface area contributed by atoms with Crippen LogP contribution in [0.25, 0.3) is 11.4 Å². The molecule has 0 saturated carbocycles. The third-order valence-corrected chi connectivity index (χ3v) is 7.27. The summed E-state index contributed by atoms with van der Waals surface area (Å²) in [7, 11) is -1.57. The number of anilines is 1. The first-order chi connectivity index (χ1) is 14.5. The number of sulfonamides is 1. The van der Waals surface area contributed by atoms with Crippen LogP contribution in [0.1, 0.15) is 13.8 Å². The van der Waals surface area contributed by atoms with Crippen LogP contribution in [0, 0.1) is 0 Å². The maximum Gasteiger partial charge on any atom is 0.240 e. The van der Waals surface area contributed by atoms with E-state index in [4.69, 9.17) is 0 Å². The number of nitrogens with one attached hydrogen (secondary N) is 1. The third-order valence-electron chi connectivity index (χ3n) is 4.77. The molecule has 0 amide bonds. The molecule has 160 valence electrons. The highest BCUT2D eigenvalue weighted by Crippen LogP contribution is 2.25. The molecule has 0 unspecified atom stereocenters. The standard InChI is InChI=1S/C21H27N5O2S2/c1-4-26(5-2)18-13-11-17(12-14-18)20-23-24-21(25(20)3)29-16-15-22-30(27,28)19-9-7-6-8-10-19/h6-14,22H,4-5,15-16H2,1-3H3. The van der Waals surface area contributed by atoms with E-state index in [2.05, 4.69) is 57.9 Å². The topological polar surface area (TPSA) is 80.1 Å². The number of aromatic nitrogens is 3. The van der Waals surface area contributed by atoms with Gasteiger partial charge in [0, 0.05) is 43.7 Å². The van der Waals surface area contributed by atoms with Gasteiger partial charge in [0.15, 0.2) is 11.0 Å². The van der Waals surface area contributed by atoms with Gasteiger partial charge in [-0.1, -0.05) is 30.0 Å². The Morgan fingerprint density at radius 2 is 1.67 bits per heavy atom. The zero-order valence-corrected chi connectivity index (χ0v) is 19.1. The second-order valence-electron chi connectivity index (χ2n) is 6.64. The van der Waals surface area contributed by atoms with E-state index < -0.39 is 10.0 Å². The summed E-state index contributed by atoms with van der Waals surface area (Å²) in [6, 6.07) is 16.7. The molecule has 0 saturated heterocycles. The summed E-state index contributed by atoms with van der Waals surface area (Å²) in [5.74, 6) is 1.34. The van der Waals surface area contributed by atoms with Gasteiger partial charge in [0.05, 0.1) is 4.90 Å². The van der Waals surface area contributed by atoms with Crippen molar-refractivity contribution in [1.29, 1.82) is 0 Å². The molecule has 0 radical (unpaired) electrons. The quantitative estimate of drug-likeness (QED) is 0.381. The van der Waals surface area contributed by atoms with E-state index in [-0.39, 0.29) is 4.90 Å². The Kier molecular flexibility index (Phi) is 7.52. The third kappa shape index (κ3) is 5.21. The Morgan fingerprint density at radius 3 is 2.30 bits per heavy atom. The van der Waals surface area contributed by atoms with Gasteiger partial charge in [-0.3, -0.25) is 0 Å². The fraction of sp³-hybridized carbons (Fsp3) is 0.333. The highest BCUT2D eigenvalue weighted by molar-refractivity contribution is 7.99. The van der Waals surface area contributed by atoms with Gasteiger partial charge in [0.2, 0.25) is 10.0 Å². The highest BCUT2D eigenvalue weighted by atomic mass is 32.2. The summed E-state index contributed by atoms with van der Waals surface area (Å²) in [5, 5.41) is 9.33. The Balaban J connectivity index is 1.59. The summed E-state index contributed by atoms with van der Waals surface area (Å²) in [4.78, 5) is 2.56. The first-order valence-electron chi connectivity index (χ1n) is 9.88. The van der Waals surface area contributed by atoms with Crippen molar-refractivity contribution in [1.82, 2.24) is 19.5 Å². The highest BCUT2D eigenvalue weighted by Gasteiger charge is 2.14. The summed E-state index contributed by atoms with van der Waals surface area (Å²) in [5.41, 5.74) is 2.18. The van der Waals surface area contributed by atoms with Gasteiger partial charge in [0.25, 0.3) is 0 Å². The van der Waals surface area contributed by atoms with E-state index in [0.717, 1.165) is 29.6 Å². The number of thioether (sulfide) groups is 1. The molecule has 3 rings (SSSR count). The van der Waals surface area contributed by atoms with Crippen molar-refractivity contribution < 1.29 is 8.42 Å². The van der Waals surface area contributed by atoms with Gasteiger partial charge >= 0.3 is 0 Å². The van der Waals surface area contributed by atoms with Crippen LogP contribution in [0.4, 0.5) is 5.69 Å². The summed E-state index contributed by atoms with van der Waals surface area (Å²) >= 11 is 1.47. The summed E-state index contributed by atoms with van der Waals surface area (Å²) in [6.07, 6.45) is 0. The predicted molar refractivity (Wildman–Crippen MR) is 122 cm³/mol. The van der Waals surface area contributed by atoms with E-state index in [1.165, 1.54) is 17.4 Å². The van der Waals surface area contributed by atoms with Crippen LogP contribution in [-0.2, 0) is 17.1 Å². The lowest BCUT2D eigenvalue weighted by molar-refractivity contribution is 0.584. The van der Waals surface area contributed by atoms with Gasteiger partial charge in [-0.15, -0.1) is 10.2 Å². The molecule has 0 atom stereocenters. The molecule has 0 aliphatic heterocycles. The SMILES string of the molecule is CCN(CC)c1ccc(-c2nnc(SCCNS(=O)(=O)c3ccccc3)n2C)cc1. The lowest BCUT2D eigenvalue weighted by Crippen LogP contribution is -2.26. The number of nitrogens with zero attached hydrogens (tertiary/aromatic N) is 4. The van der Waals surface area contributed by atoms with E-state index in [1.807, 2.05) is 11.6 Å². The van der Waals surface area contributed by atoms with Crippen molar-refractivity contribution in [3.05, 3.63) is 54.6 Å². The minimum atomic E-state index is -3.49. The Bertz CT molecular complexity index is 1050. The predicted octanol–water partition coefficient (Wildman–Crippen LogP) is 3.40. The Labute approximate surface area is 182 Å². The molecule has 0 fully saturated rings. The number of rotatable bonds is 10. The molecule has 1 N–H and O–H groups in total. The van der Waals surface area contributed by atoms with E-state index in [9.17, 15) is 8.42 Å². The molecule has 0 bridgehead atoms. The lowest BCUT2D eigenvalue weighted by Gasteiger charge is -2.21. The van der Waals surface area contributed by atoms with Crippen molar-refractivity contribution in [3.63, 3.8) is 0 Å². The second-order valence-corrected chi connectivity index (χ2v) is 9.47. The van der Waals surface area contributed by atoms with Gasteiger partial charge in [-0.25, -0.2) is 13.1 Å². The number of hydrogen-bond acceptors (Lipinski definition) is 6. The van der Waals surface area contributed by atoms with E-state index in [0.29, 0.717) is 12.3 Å². The zero-order valence-electron chi connectivity index (χ0n) is 17.4. The molecule has 0 aliphatic carbocycles. The molecule has 0 spiro atoms. The van der Waals surface area contributed by atoms with Crippen molar-refractivity contribution >= 4 is 27.5 Å². The molecule has 30 heavy (non-hydrogen) atoms. The average Bonchev–Trinajstić information content (AvgIpc) is 3.13. The monoisotopic (exact) mass is 445 g/mol. The van der Waals surface area contributed by atoms with Crippen LogP contribution in [0.5, 0.6) is 0 Å². The molecule has 3 aromatic rings. The fourth-order valence-electron chi connectivity index (χ4n) is 3.10. The van der Waals surface area contributed by atoms with Gasteiger partial charge < -0.3 is 9.47 Å². The van der Waals surface area contributed by atoms with Crippen molar-refractivity contribution in [2.24, 2.45) is 7.05 Å². The maximum absolute atomic E-state index is 12.3. The lowest BCUT2D eigenvalue weighted by atomic mass is 10.2. The number of hydrogen-bond donors (Lipinski definition) is 1. The van der Waals surface area contributed by atoms with Crippen LogP contribution in [0.2, 0.25) is 0 Å². The molecule has 0 aliphatic rings. The molecule has 7 nitrogen and oxygen atoms in total. The molecular formula is C21H27N5O2S2. The normalized spacial score (nSPS) is 11.6. The van der Waals surface area contributed by atoms with Crippen molar-refractivity contribution in [2.45, 2.75) is 23.9 Å². The molecule has 1 heterocycles. The Hall–Kier alpha value is -2.36. The first kappa shape index (κ1) is 22.3. The van der Waals surface area contributed by atoms with Crippen LogP contribution in [-0.4, -0.2) is 48.6 Å². The van der Waals surface area contributed by atoms with Crippen LogP contribution in [0.3, 0.4) is 0 Å². The molecular weight excluding hydrogens is 418 g/mol. The minimum Gasteiger partial charge on any atom is -0.372 e. The van der Waals surface area contributed by atoms with Crippen LogP contribution < -0.4 is 9.62 Å². The molecule has 2 aromatic carbocycles.